The van der Waals surface area contributed by atoms with E-state index in [1.165, 1.54) is 60.8 Å². The van der Waals surface area contributed by atoms with Crippen molar-refractivity contribution >= 4 is 49.9 Å². The van der Waals surface area contributed by atoms with Crippen LogP contribution >= 0.6 is 15.9 Å². The van der Waals surface area contributed by atoms with E-state index in [0.29, 0.717) is 18.6 Å². The zero-order valence-electron chi connectivity index (χ0n) is 59.9. The zero-order valence-corrected chi connectivity index (χ0v) is 61.5. The molecule has 0 saturated heterocycles. The molecule has 4 heterocycles. The Bertz CT molecular complexity index is 4740. The number of nitrogens with zero attached hydrogens (tertiary/aromatic N) is 8. The quantitative estimate of drug-likeness (QED) is 0.0472. The van der Waals surface area contributed by atoms with Gasteiger partial charge in [0.2, 0.25) is 0 Å². The van der Waals surface area contributed by atoms with Crippen LogP contribution in [0.15, 0.2) is 315 Å². The number of anilines is 2. The van der Waals surface area contributed by atoms with E-state index >= 15 is 0 Å². The van der Waals surface area contributed by atoms with Gasteiger partial charge in [0, 0.05) is 32.0 Å². The number of pyridine rings is 2. The number of aromatic nitrogens is 8. The molecule has 10 aromatic carbocycles. The molecule has 1 unspecified atom stereocenters. The summed E-state index contributed by atoms with van der Waals surface area (Å²) >= 11 is 3.40. The van der Waals surface area contributed by atoms with Crippen molar-refractivity contribution in [1.29, 1.82) is 0 Å². The van der Waals surface area contributed by atoms with Gasteiger partial charge in [0.15, 0.2) is 11.3 Å². The fourth-order valence-electron chi connectivity index (χ4n) is 16.0. The van der Waals surface area contributed by atoms with Gasteiger partial charge in [-0.2, -0.15) is 0 Å². The molecule has 4 aromatic heterocycles. The number of hydrogen-bond donors (Lipinski definition) is 2. The summed E-state index contributed by atoms with van der Waals surface area (Å²) in [4.78, 5) is 10.2. The molecule has 0 bridgehead atoms. The summed E-state index contributed by atoms with van der Waals surface area (Å²) in [5.74, 6) is 2.97. The van der Waals surface area contributed by atoms with Crippen molar-refractivity contribution < 1.29 is 9.47 Å². The van der Waals surface area contributed by atoms with Crippen molar-refractivity contribution in [2.24, 2.45) is 0 Å². The van der Waals surface area contributed by atoms with Crippen LogP contribution in [0.2, 0.25) is 0 Å². The van der Waals surface area contributed by atoms with E-state index < -0.39 is 11.1 Å². The van der Waals surface area contributed by atoms with Crippen molar-refractivity contribution in [1.82, 2.24) is 40.0 Å². The van der Waals surface area contributed by atoms with Crippen molar-refractivity contribution in [3.8, 4) is 0 Å². The van der Waals surface area contributed by atoms with Gasteiger partial charge in [0.1, 0.15) is 33.7 Å². The first kappa shape index (κ1) is 71.3. The number of hydrogen-bond acceptors (Lipinski definition) is 10. The molecule has 14 aromatic rings. The lowest BCUT2D eigenvalue weighted by atomic mass is 9.77. The van der Waals surface area contributed by atoms with Crippen molar-refractivity contribution in [3.05, 3.63) is 382 Å². The van der Waals surface area contributed by atoms with Crippen LogP contribution in [-0.2, 0) is 27.0 Å². The molecule has 2 aliphatic rings. The van der Waals surface area contributed by atoms with Crippen LogP contribution < -0.4 is 10.6 Å². The molecule has 2 aliphatic carbocycles. The van der Waals surface area contributed by atoms with Gasteiger partial charge in [-0.15, -0.1) is 10.2 Å². The van der Waals surface area contributed by atoms with E-state index in [0.717, 1.165) is 122 Å². The van der Waals surface area contributed by atoms with Gasteiger partial charge in [-0.25, -0.2) is 19.3 Å². The minimum Gasteiger partial charge on any atom is -0.378 e. The monoisotopic (exact) mass is 1450 g/mol. The first-order valence-electron chi connectivity index (χ1n) is 37.1. The van der Waals surface area contributed by atoms with Crippen LogP contribution in [0.3, 0.4) is 0 Å². The second kappa shape index (κ2) is 34.7. The molecular formula is C92H91BrN10O2. The Morgan fingerprint density at radius 2 is 0.733 bits per heavy atom. The number of alkyl halides is 1. The first-order chi connectivity index (χ1) is 52.0. The van der Waals surface area contributed by atoms with Crippen molar-refractivity contribution in [2.45, 2.75) is 105 Å². The summed E-state index contributed by atoms with van der Waals surface area (Å²) in [6, 6.07) is 110. The van der Waals surface area contributed by atoms with E-state index in [4.69, 9.17) is 40.1 Å². The number of rotatable bonds is 23. The summed E-state index contributed by atoms with van der Waals surface area (Å²) in [5, 5.41) is 27.2. The van der Waals surface area contributed by atoms with Crippen molar-refractivity contribution in [3.63, 3.8) is 0 Å². The average Bonchev–Trinajstić information content (AvgIpc) is 1.66. The highest BCUT2D eigenvalue weighted by Gasteiger charge is 2.44. The summed E-state index contributed by atoms with van der Waals surface area (Å²) in [5.41, 5.74) is 15.5. The molecular weight excluding hydrogens is 1360 g/mol. The number of ether oxygens (including phenoxy) is 2. The third-order valence-electron chi connectivity index (χ3n) is 21.1. The molecule has 13 heteroatoms. The predicted molar refractivity (Wildman–Crippen MR) is 430 cm³/mol. The fourth-order valence-corrected chi connectivity index (χ4v) is 16.1. The van der Waals surface area contributed by atoms with Crippen LogP contribution in [0.1, 0.15) is 142 Å². The minimum atomic E-state index is -0.834. The van der Waals surface area contributed by atoms with Gasteiger partial charge in [0.25, 0.3) is 0 Å². The Labute approximate surface area is 626 Å². The fraction of sp³-hybridized carbons (Fsp3) is 0.239. The van der Waals surface area contributed by atoms with E-state index in [2.05, 4.69) is 318 Å². The standard InChI is InChI=1S/C46H45N5O.C32H27N5.C14H19BrO/c1-47-43-33-42(41(36-19-9-3-10-20-36)31-32-52-40-29-27-35(28-30-40)34-17-7-2-8-18-34)44-45(48-43)51(50-49-44)46(37-21-11-4-12-22-37,38-23-13-5-14-24-38)39-25-15-6-16-26-39;1-33-29-23-25(22-24-14-6-2-7-15-24)30-31(34-29)37(36-35-30)32(26-16-8-3-9-17-26,27-18-10-4-11-19-27)28-20-12-5-13-21-28;15-10-11-16-14-8-6-13(7-9-14)12-4-2-1-3-5-12/h2-26,33,35,40-41H,27-32H2,1H3,(H,47,48);2-21,23H,22H2,1H3,(H,33,34);1-5,13-14H,6-11H2. The molecule has 0 radical (unpaired) electrons. The Balaban J connectivity index is 0.000000151. The maximum atomic E-state index is 6.67. The van der Waals surface area contributed by atoms with E-state index in [1.54, 1.807) is 0 Å². The third-order valence-corrected chi connectivity index (χ3v) is 21.4. The Morgan fingerprint density at radius 1 is 0.400 bits per heavy atom. The Hall–Kier alpha value is -10.7. The average molecular weight is 1450 g/mol. The molecule has 2 saturated carbocycles. The maximum absolute atomic E-state index is 6.67. The van der Waals surface area contributed by atoms with E-state index in [9.17, 15) is 0 Å². The summed E-state index contributed by atoms with van der Waals surface area (Å²) < 4.78 is 16.5. The Kier molecular flexibility index (Phi) is 23.6. The Morgan fingerprint density at radius 3 is 1.11 bits per heavy atom. The lowest BCUT2D eigenvalue weighted by molar-refractivity contribution is 0.0221. The van der Waals surface area contributed by atoms with Crippen LogP contribution in [0.25, 0.3) is 22.3 Å². The minimum absolute atomic E-state index is 0.0317. The molecule has 1 atom stereocenters. The lowest BCUT2D eigenvalue weighted by Gasteiger charge is -2.36. The highest BCUT2D eigenvalue weighted by atomic mass is 79.9. The molecule has 0 aliphatic heterocycles. The molecule has 105 heavy (non-hydrogen) atoms. The van der Waals surface area contributed by atoms with Gasteiger partial charge >= 0.3 is 0 Å². The van der Waals surface area contributed by atoms with Crippen molar-refractivity contribution in [2.75, 3.05) is 43.3 Å². The summed E-state index contributed by atoms with van der Waals surface area (Å²) in [7, 11) is 3.82. The lowest BCUT2D eigenvalue weighted by Crippen LogP contribution is -2.39. The molecule has 2 N–H and O–H groups in total. The normalized spacial score (nSPS) is 16.3. The SMILES string of the molecule is BrCCOC1CCC(c2ccccc2)CC1.CNc1cc(C(CCOC2CCC(c3ccccc3)CC2)c2ccccc2)c2nnn(C(c3ccccc3)(c3ccccc3)c3ccccc3)c2n1.CNc1cc(Cc2ccccc2)c2nnn(C(c3ccccc3)(c3ccccc3)c3ccccc3)c2n1. The zero-order chi connectivity index (χ0) is 71.5. The first-order valence-corrected chi connectivity index (χ1v) is 38.3. The predicted octanol–water partition coefficient (Wildman–Crippen LogP) is 20.4. The van der Waals surface area contributed by atoms with E-state index in [1.807, 2.05) is 47.7 Å². The second-order valence-electron chi connectivity index (χ2n) is 27.3. The van der Waals surface area contributed by atoms with E-state index in [-0.39, 0.29) is 12.0 Å². The largest absolute Gasteiger partial charge is 0.378 e. The second-order valence-corrected chi connectivity index (χ2v) is 28.1. The molecule has 528 valence electrons. The van der Waals surface area contributed by atoms with Gasteiger partial charge < -0.3 is 20.1 Å². The van der Waals surface area contributed by atoms with Crippen LogP contribution in [0, 0.1) is 0 Å². The number of nitrogens with one attached hydrogen (secondary N) is 2. The van der Waals surface area contributed by atoms with Crippen LogP contribution in [0.5, 0.6) is 0 Å². The molecule has 16 rings (SSSR count). The maximum Gasteiger partial charge on any atom is 0.182 e. The van der Waals surface area contributed by atoms with Crippen LogP contribution in [0.4, 0.5) is 11.6 Å². The third kappa shape index (κ3) is 15.9. The molecule has 2 fully saturated rings. The summed E-state index contributed by atoms with van der Waals surface area (Å²) in [6.07, 6.45) is 11.8. The van der Waals surface area contributed by atoms with Crippen LogP contribution in [-0.4, -0.2) is 84.8 Å². The molecule has 12 nitrogen and oxygen atoms in total. The highest BCUT2D eigenvalue weighted by Crippen LogP contribution is 2.46. The van der Waals surface area contributed by atoms with Gasteiger partial charge in [-0.05, 0) is 155 Å². The molecule has 0 spiro atoms. The van der Waals surface area contributed by atoms with Gasteiger partial charge in [-0.1, -0.05) is 330 Å². The smallest absolute Gasteiger partial charge is 0.182 e. The number of fused-ring (bicyclic) bond motifs is 2. The van der Waals surface area contributed by atoms with Gasteiger partial charge in [0.05, 0.1) is 18.8 Å². The molecule has 0 amide bonds. The summed E-state index contributed by atoms with van der Waals surface area (Å²) in [6.45, 7) is 1.51. The number of halogens is 1. The van der Waals surface area contributed by atoms with Gasteiger partial charge in [-0.3, -0.25) is 0 Å². The highest BCUT2D eigenvalue weighted by molar-refractivity contribution is 9.09. The topological polar surface area (TPSA) is 130 Å². The number of benzene rings is 10.